The number of ether oxygens (including phenoxy) is 1. The van der Waals surface area contributed by atoms with Crippen molar-refractivity contribution in [3.05, 3.63) is 33.6 Å². The number of fused-ring (bicyclic) bond motifs is 2. The van der Waals surface area contributed by atoms with Crippen LogP contribution in [0.15, 0.2) is 23.0 Å². The Morgan fingerprint density at radius 3 is 3.23 bits per heavy atom. The van der Waals surface area contributed by atoms with Gasteiger partial charge in [-0.2, -0.15) is 4.52 Å². The highest BCUT2D eigenvalue weighted by molar-refractivity contribution is 7.20. The molecule has 22 heavy (non-hydrogen) atoms. The first-order valence-corrected chi connectivity index (χ1v) is 8.25. The fourth-order valence-electron chi connectivity index (χ4n) is 2.56. The van der Waals surface area contributed by atoms with Gasteiger partial charge in [0.1, 0.15) is 0 Å². The monoisotopic (exact) mass is 336 g/mol. The van der Waals surface area contributed by atoms with Gasteiger partial charge in [-0.1, -0.05) is 22.9 Å². The second-order valence-corrected chi connectivity index (χ2v) is 6.59. The Bertz CT molecular complexity index is 901. The topological polar surface area (TPSA) is 68.5 Å². The summed E-state index contributed by atoms with van der Waals surface area (Å²) in [5.41, 5.74) is 0.407. The van der Waals surface area contributed by atoms with Gasteiger partial charge in [-0.15, -0.1) is 5.10 Å². The fraction of sp³-hybridized carbons (Fsp3) is 0.357. The molecule has 0 amide bonds. The number of nitrogens with zero attached hydrogens (tertiary/aromatic N) is 3. The van der Waals surface area contributed by atoms with Crippen molar-refractivity contribution in [3.63, 3.8) is 0 Å². The van der Waals surface area contributed by atoms with Gasteiger partial charge < -0.3 is 10.1 Å². The summed E-state index contributed by atoms with van der Waals surface area (Å²) < 4.78 is 6.90. The van der Waals surface area contributed by atoms with E-state index >= 15 is 0 Å². The summed E-state index contributed by atoms with van der Waals surface area (Å²) in [4.78, 5) is 17.5. The van der Waals surface area contributed by atoms with Gasteiger partial charge in [-0.05, 0) is 31.0 Å². The maximum Gasteiger partial charge on any atom is 0.283 e. The van der Waals surface area contributed by atoms with Crippen molar-refractivity contribution in [2.45, 2.75) is 18.9 Å². The number of hydrogen-bond acceptors (Lipinski definition) is 6. The lowest BCUT2D eigenvalue weighted by Crippen LogP contribution is -2.19. The van der Waals surface area contributed by atoms with Crippen LogP contribution in [0, 0.1) is 0 Å². The van der Waals surface area contributed by atoms with Gasteiger partial charge in [0.2, 0.25) is 10.1 Å². The van der Waals surface area contributed by atoms with E-state index in [9.17, 15) is 4.79 Å². The number of rotatable bonds is 3. The third-order valence-electron chi connectivity index (χ3n) is 3.66. The van der Waals surface area contributed by atoms with Gasteiger partial charge in [-0.25, -0.2) is 4.98 Å². The number of hydrogen-bond donors (Lipinski definition) is 1. The van der Waals surface area contributed by atoms with Crippen molar-refractivity contribution < 1.29 is 4.74 Å². The zero-order chi connectivity index (χ0) is 15.1. The van der Waals surface area contributed by atoms with Crippen LogP contribution < -0.4 is 10.9 Å². The lowest BCUT2D eigenvalue weighted by molar-refractivity contribution is 0.120. The third-order valence-corrected chi connectivity index (χ3v) is 4.76. The molecule has 6 nitrogen and oxygen atoms in total. The summed E-state index contributed by atoms with van der Waals surface area (Å²) in [6.07, 6.45) is 2.37. The van der Waals surface area contributed by atoms with Gasteiger partial charge >= 0.3 is 0 Å². The Morgan fingerprint density at radius 2 is 2.41 bits per heavy atom. The molecule has 1 aliphatic rings. The maximum atomic E-state index is 12.4. The van der Waals surface area contributed by atoms with Crippen molar-refractivity contribution in [2.75, 3.05) is 18.5 Å². The molecule has 0 saturated carbocycles. The SMILES string of the molecule is O=c1c2ccc(Cl)cc2nc2sc(NC[C@H]3CCCO3)nn12. The number of halogens is 1. The second kappa shape index (κ2) is 5.49. The molecule has 0 aliphatic carbocycles. The van der Waals surface area contributed by atoms with Crippen LogP contribution in [-0.4, -0.2) is 33.9 Å². The fourth-order valence-corrected chi connectivity index (χ4v) is 3.53. The standard InChI is InChI=1S/C14H13ClN4O2S/c15-8-3-4-10-11(6-8)17-14-19(12(10)20)18-13(22-14)16-7-9-2-1-5-21-9/h3-4,6,9H,1-2,5,7H2,(H,16,18)/t9-/m1/s1. The molecule has 8 heteroatoms. The number of anilines is 1. The first-order valence-electron chi connectivity index (χ1n) is 7.05. The van der Waals surface area contributed by atoms with Crippen molar-refractivity contribution in [1.82, 2.24) is 14.6 Å². The molecule has 114 valence electrons. The molecule has 0 unspecified atom stereocenters. The molecule has 2 aromatic heterocycles. The van der Waals surface area contributed by atoms with Crippen LogP contribution in [0.25, 0.3) is 15.9 Å². The summed E-state index contributed by atoms with van der Waals surface area (Å²) in [5, 5.41) is 9.27. The normalized spacial score (nSPS) is 18.3. The molecule has 1 N–H and O–H groups in total. The Labute approximate surface area is 134 Å². The molecule has 1 aromatic carbocycles. The predicted molar refractivity (Wildman–Crippen MR) is 87.1 cm³/mol. The maximum absolute atomic E-state index is 12.4. The van der Waals surface area contributed by atoms with Crippen LogP contribution in [0.5, 0.6) is 0 Å². The Balaban J connectivity index is 1.71. The zero-order valence-electron chi connectivity index (χ0n) is 11.6. The lowest BCUT2D eigenvalue weighted by atomic mass is 10.2. The highest BCUT2D eigenvalue weighted by atomic mass is 35.5. The first kappa shape index (κ1) is 13.9. The molecule has 1 aliphatic heterocycles. The second-order valence-electron chi connectivity index (χ2n) is 5.20. The molecular formula is C14H13ClN4O2S. The summed E-state index contributed by atoms with van der Waals surface area (Å²) >= 11 is 7.31. The Morgan fingerprint density at radius 1 is 1.50 bits per heavy atom. The van der Waals surface area contributed by atoms with Crippen molar-refractivity contribution in [2.24, 2.45) is 0 Å². The van der Waals surface area contributed by atoms with Crippen LogP contribution in [0.3, 0.4) is 0 Å². The smallest absolute Gasteiger partial charge is 0.283 e. The minimum atomic E-state index is -0.182. The van der Waals surface area contributed by atoms with Crippen LogP contribution in [-0.2, 0) is 4.74 Å². The summed E-state index contributed by atoms with van der Waals surface area (Å²) in [6.45, 7) is 1.51. The number of benzene rings is 1. The van der Waals surface area contributed by atoms with Gasteiger partial charge in [-0.3, -0.25) is 4.79 Å². The van der Waals surface area contributed by atoms with Crippen molar-refractivity contribution >= 4 is 43.9 Å². The van der Waals surface area contributed by atoms with E-state index < -0.39 is 0 Å². The molecule has 0 spiro atoms. The largest absolute Gasteiger partial charge is 0.376 e. The molecule has 3 aromatic rings. The van der Waals surface area contributed by atoms with Crippen LogP contribution in [0.4, 0.5) is 5.13 Å². The van der Waals surface area contributed by atoms with E-state index in [-0.39, 0.29) is 11.7 Å². The molecule has 1 fully saturated rings. The molecule has 3 heterocycles. The quantitative estimate of drug-likeness (QED) is 0.796. The van der Waals surface area contributed by atoms with E-state index in [1.165, 1.54) is 15.9 Å². The zero-order valence-corrected chi connectivity index (χ0v) is 13.2. The summed E-state index contributed by atoms with van der Waals surface area (Å²) in [5.74, 6) is 0. The van der Waals surface area contributed by atoms with E-state index in [2.05, 4.69) is 15.4 Å². The van der Waals surface area contributed by atoms with Crippen LogP contribution in [0.1, 0.15) is 12.8 Å². The minimum absolute atomic E-state index is 0.182. The van der Waals surface area contributed by atoms with Gasteiger partial charge in [0.15, 0.2) is 0 Å². The molecule has 0 bridgehead atoms. The minimum Gasteiger partial charge on any atom is -0.376 e. The molecule has 4 rings (SSSR count). The third kappa shape index (κ3) is 2.45. The van der Waals surface area contributed by atoms with Gasteiger partial charge in [0, 0.05) is 18.2 Å². The van der Waals surface area contributed by atoms with E-state index in [0.29, 0.717) is 32.6 Å². The van der Waals surface area contributed by atoms with Crippen LogP contribution in [0.2, 0.25) is 5.02 Å². The van der Waals surface area contributed by atoms with Crippen molar-refractivity contribution in [3.8, 4) is 0 Å². The van der Waals surface area contributed by atoms with Crippen LogP contribution >= 0.6 is 22.9 Å². The first-order chi connectivity index (χ1) is 10.7. The number of nitrogens with one attached hydrogen (secondary N) is 1. The Kier molecular flexibility index (Phi) is 3.48. The summed E-state index contributed by atoms with van der Waals surface area (Å²) in [7, 11) is 0. The highest BCUT2D eigenvalue weighted by Gasteiger charge is 2.16. The summed E-state index contributed by atoms with van der Waals surface area (Å²) in [6, 6.07) is 5.05. The van der Waals surface area contributed by atoms with Gasteiger partial charge in [0.25, 0.3) is 5.56 Å². The Hall–Kier alpha value is -1.70. The van der Waals surface area contributed by atoms with E-state index in [1.807, 2.05) is 0 Å². The van der Waals surface area contributed by atoms with Gasteiger partial charge in [0.05, 0.1) is 17.0 Å². The average Bonchev–Trinajstić information content (AvgIpc) is 3.13. The molecule has 1 atom stereocenters. The van der Waals surface area contributed by atoms with E-state index in [4.69, 9.17) is 16.3 Å². The lowest BCUT2D eigenvalue weighted by Gasteiger charge is -2.08. The average molecular weight is 337 g/mol. The number of aromatic nitrogens is 3. The molecular weight excluding hydrogens is 324 g/mol. The van der Waals surface area contributed by atoms with E-state index in [0.717, 1.165) is 19.4 Å². The molecule has 1 saturated heterocycles. The predicted octanol–water partition coefficient (Wildman–Crippen LogP) is 2.55. The van der Waals surface area contributed by atoms with E-state index in [1.54, 1.807) is 18.2 Å². The van der Waals surface area contributed by atoms with Crippen molar-refractivity contribution in [1.29, 1.82) is 0 Å². The molecule has 0 radical (unpaired) electrons. The highest BCUT2D eigenvalue weighted by Crippen LogP contribution is 2.21.